The maximum atomic E-state index is 12.2. The third kappa shape index (κ3) is 3.23. The Labute approximate surface area is 110 Å². The Hall–Kier alpha value is -1.63. The number of carbonyl (C=O) groups is 2. The van der Waals surface area contributed by atoms with E-state index in [1.165, 1.54) is 0 Å². The summed E-state index contributed by atoms with van der Waals surface area (Å²) in [6, 6.07) is 0. The van der Waals surface area contributed by atoms with Crippen molar-refractivity contribution in [2.75, 3.05) is 19.7 Å². The molecule has 7 heteroatoms. The molecule has 0 aromatic rings. The van der Waals surface area contributed by atoms with E-state index in [9.17, 15) is 9.59 Å². The van der Waals surface area contributed by atoms with Crippen LogP contribution in [0.15, 0.2) is 5.16 Å². The molecule has 1 amide bonds. The van der Waals surface area contributed by atoms with Crippen LogP contribution in [0.1, 0.15) is 25.7 Å². The van der Waals surface area contributed by atoms with Gasteiger partial charge in [0, 0.05) is 26.1 Å². The van der Waals surface area contributed by atoms with Crippen LogP contribution in [-0.4, -0.2) is 58.5 Å². The molecule has 1 fully saturated rings. The minimum atomic E-state index is -1.15. The van der Waals surface area contributed by atoms with Crippen LogP contribution >= 0.6 is 0 Å². The van der Waals surface area contributed by atoms with Crippen molar-refractivity contribution in [2.24, 2.45) is 11.1 Å². The van der Waals surface area contributed by atoms with E-state index in [1.54, 1.807) is 4.90 Å². The lowest BCUT2D eigenvalue weighted by Crippen LogP contribution is -2.45. The zero-order chi connectivity index (χ0) is 13.8. The van der Waals surface area contributed by atoms with Crippen LogP contribution in [0.5, 0.6) is 0 Å². The number of piperidine rings is 1. The first kappa shape index (κ1) is 13.8. The average molecular weight is 270 g/mol. The number of hydrogen-bond acceptors (Lipinski definition) is 5. The lowest BCUT2D eigenvalue weighted by atomic mass is 9.94. The lowest BCUT2D eigenvalue weighted by Gasteiger charge is -2.33. The SMILES string of the molecule is O=C(O)C1=NOC(C(=O)N2CCCC(CCO)C2)C1. The second kappa shape index (κ2) is 6.01. The molecule has 1 saturated heterocycles. The number of likely N-dealkylation sites (tertiary alicyclic amines) is 1. The third-order valence-electron chi connectivity index (χ3n) is 3.56. The largest absolute Gasteiger partial charge is 0.477 e. The maximum Gasteiger partial charge on any atom is 0.353 e. The maximum absolute atomic E-state index is 12.2. The molecule has 19 heavy (non-hydrogen) atoms. The smallest absolute Gasteiger partial charge is 0.353 e. The fourth-order valence-corrected chi connectivity index (χ4v) is 2.52. The summed E-state index contributed by atoms with van der Waals surface area (Å²) in [4.78, 5) is 29.5. The molecule has 2 heterocycles. The van der Waals surface area contributed by atoms with Crippen molar-refractivity contribution in [1.82, 2.24) is 4.90 Å². The Morgan fingerprint density at radius 2 is 2.26 bits per heavy atom. The van der Waals surface area contributed by atoms with Crippen molar-refractivity contribution in [3.63, 3.8) is 0 Å². The first-order valence-corrected chi connectivity index (χ1v) is 6.47. The Morgan fingerprint density at radius 1 is 1.47 bits per heavy atom. The number of carbonyl (C=O) groups excluding carboxylic acids is 1. The molecule has 0 bridgehead atoms. The fraction of sp³-hybridized carbons (Fsp3) is 0.750. The molecule has 2 N–H and O–H groups in total. The number of aliphatic hydroxyl groups is 1. The van der Waals surface area contributed by atoms with Crippen molar-refractivity contribution >= 4 is 17.6 Å². The van der Waals surface area contributed by atoms with Gasteiger partial charge in [0.05, 0.1) is 0 Å². The minimum Gasteiger partial charge on any atom is -0.477 e. The number of carboxylic acid groups (broad SMARTS) is 1. The molecule has 0 spiro atoms. The van der Waals surface area contributed by atoms with Gasteiger partial charge < -0.3 is 20.0 Å². The zero-order valence-corrected chi connectivity index (χ0v) is 10.6. The van der Waals surface area contributed by atoms with E-state index in [0.29, 0.717) is 25.4 Å². The van der Waals surface area contributed by atoms with Gasteiger partial charge in [-0.05, 0) is 25.2 Å². The van der Waals surface area contributed by atoms with Gasteiger partial charge in [0.25, 0.3) is 5.91 Å². The molecule has 0 saturated carbocycles. The summed E-state index contributed by atoms with van der Waals surface area (Å²) in [5, 5.41) is 21.1. The molecule has 2 rings (SSSR count). The Bertz CT molecular complexity index is 394. The molecule has 2 aliphatic heterocycles. The number of aliphatic hydroxyl groups excluding tert-OH is 1. The van der Waals surface area contributed by atoms with E-state index < -0.39 is 12.1 Å². The molecule has 0 radical (unpaired) electrons. The number of rotatable bonds is 4. The van der Waals surface area contributed by atoms with Gasteiger partial charge in [0.15, 0.2) is 5.71 Å². The highest BCUT2D eigenvalue weighted by molar-refractivity contribution is 6.36. The van der Waals surface area contributed by atoms with Gasteiger partial charge in [0.2, 0.25) is 6.10 Å². The van der Waals surface area contributed by atoms with Crippen LogP contribution in [0.3, 0.4) is 0 Å². The van der Waals surface area contributed by atoms with Gasteiger partial charge >= 0.3 is 5.97 Å². The molecule has 7 nitrogen and oxygen atoms in total. The topological polar surface area (TPSA) is 99.4 Å². The molecule has 2 aliphatic rings. The fourth-order valence-electron chi connectivity index (χ4n) is 2.52. The molecule has 106 valence electrons. The van der Waals surface area contributed by atoms with Crippen LogP contribution in [0.25, 0.3) is 0 Å². The zero-order valence-electron chi connectivity index (χ0n) is 10.6. The molecule has 2 atom stereocenters. The van der Waals surface area contributed by atoms with Gasteiger partial charge in [-0.3, -0.25) is 4.79 Å². The van der Waals surface area contributed by atoms with Crippen molar-refractivity contribution in [2.45, 2.75) is 31.8 Å². The summed E-state index contributed by atoms with van der Waals surface area (Å²) in [5.41, 5.74) is -0.109. The van der Waals surface area contributed by atoms with E-state index in [1.807, 2.05) is 0 Å². The standard InChI is InChI=1S/C12H18N2O5/c15-5-3-8-2-1-4-14(7-8)11(16)10-6-9(12(17)18)13-19-10/h8,10,15H,1-7H2,(H,17,18). The number of oxime groups is 1. The lowest BCUT2D eigenvalue weighted by molar-refractivity contribution is -0.144. The van der Waals surface area contributed by atoms with E-state index >= 15 is 0 Å². The number of hydrogen-bond donors (Lipinski definition) is 2. The van der Waals surface area contributed by atoms with E-state index in [0.717, 1.165) is 12.8 Å². The summed E-state index contributed by atoms with van der Waals surface area (Å²) in [7, 11) is 0. The number of amides is 1. The van der Waals surface area contributed by atoms with Crippen LogP contribution in [0, 0.1) is 5.92 Å². The van der Waals surface area contributed by atoms with Gasteiger partial charge in [-0.1, -0.05) is 5.16 Å². The minimum absolute atomic E-state index is 0.0231. The molecule has 0 aromatic carbocycles. The molecule has 0 aliphatic carbocycles. The summed E-state index contributed by atoms with van der Waals surface area (Å²) in [5.74, 6) is -1.04. The highest BCUT2D eigenvalue weighted by Crippen LogP contribution is 2.22. The average Bonchev–Trinajstić information content (AvgIpc) is 2.88. The van der Waals surface area contributed by atoms with Crippen molar-refractivity contribution in [3.05, 3.63) is 0 Å². The van der Waals surface area contributed by atoms with Gasteiger partial charge in [0.1, 0.15) is 0 Å². The summed E-state index contributed by atoms with van der Waals surface area (Å²) >= 11 is 0. The second-order valence-electron chi connectivity index (χ2n) is 4.95. The van der Waals surface area contributed by atoms with Crippen LogP contribution in [0.4, 0.5) is 0 Å². The van der Waals surface area contributed by atoms with E-state index in [-0.39, 0.29) is 24.6 Å². The van der Waals surface area contributed by atoms with Crippen molar-refractivity contribution in [3.8, 4) is 0 Å². The Kier molecular flexibility index (Phi) is 4.36. The normalized spacial score (nSPS) is 26.8. The molecule has 0 aromatic heterocycles. The number of aliphatic carboxylic acids is 1. The highest BCUT2D eigenvalue weighted by Gasteiger charge is 2.35. The molecule has 2 unspecified atom stereocenters. The van der Waals surface area contributed by atoms with Crippen molar-refractivity contribution < 1.29 is 24.6 Å². The number of nitrogens with zero attached hydrogens (tertiary/aromatic N) is 2. The summed E-state index contributed by atoms with van der Waals surface area (Å²) in [6.45, 7) is 1.38. The van der Waals surface area contributed by atoms with Gasteiger partial charge in [-0.25, -0.2) is 4.79 Å². The monoisotopic (exact) mass is 270 g/mol. The van der Waals surface area contributed by atoms with E-state index in [2.05, 4.69) is 5.16 Å². The van der Waals surface area contributed by atoms with Crippen LogP contribution < -0.4 is 0 Å². The second-order valence-corrected chi connectivity index (χ2v) is 4.95. The Balaban J connectivity index is 1.88. The highest BCUT2D eigenvalue weighted by atomic mass is 16.6. The Morgan fingerprint density at radius 3 is 2.89 bits per heavy atom. The third-order valence-corrected chi connectivity index (χ3v) is 3.56. The quantitative estimate of drug-likeness (QED) is 0.739. The first-order valence-electron chi connectivity index (χ1n) is 6.47. The predicted molar refractivity (Wildman–Crippen MR) is 65.6 cm³/mol. The summed E-state index contributed by atoms with van der Waals surface area (Å²) in [6.07, 6.45) is 1.81. The summed E-state index contributed by atoms with van der Waals surface area (Å²) < 4.78 is 0. The van der Waals surface area contributed by atoms with Crippen LogP contribution in [-0.2, 0) is 14.4 Å². The molecular weight excluding hydrogens is 252 g/mol. The van der Waals surface area contributed by atoms with Gasteiger partial charge in [-0.2, -0.15) is 0 Å². The van der Waals surface area contributed by atoms with Gasteiger partial charge in [-0.15, -0.1) is 0 Å². The predicted octanol–water partition coefficient (Wildman–Crippen LogP) is -0.163. The first-order chi connectivity index (χ1) is 9.11. The molecular formula is C12H18N2O5. The number of carboxylic acids is 1. The van der Waals surface area contributed by atoms with Crippen LogP contribution in [0.2, 0.25) is 0 Å². The van der Waals surface area contributed by atoms with Crippen molar-refractivity contribution in [1.29, 1.82) is 0 Å². The van der Waals surface area contributed by atoms with E-state index in [4.69, 9.17) is 15.1 Å².